The van der Waals surface area contributed by atoms with Crippen LogP contribution in [0.25, 0.3) is 5.69 Å². The van der Waals surface area contributed by atoms with Crippen LogP contribution in [0, 0.1) is 13.8 Å². The molecule has 9 heteroatoms. The highest BCUT2D eigenvalue weighted by Crippen LogP contribution is 2.26. The molecule has 0 saturated carbocycles. The molecule has 2 heterocycles. The topological polar surface area (TPSA) is 77.8 Å². The van der Waals surface area contributed by atoms with Crippen molar-refractivity contribution in [3.8, 4) is 11.4 Å². The van der Waals surface area contributed by atoms with Crippen LogP contribution in [0.1, 0.15) is 21.7 Å². The lowest BCUT2D eigenvalue weighted by molar-refractivity contribution is 0.0730. The predicted octanol–water partition coefficient (Wildman–Crippen LogP) is 4.03. The van der Waals surface area contributed by atoms with Crippen molar-refractivity contribution in [3.63, 3.8) is 0 Å². The summed E-state index contributed by atoms with van der Waals surface area (Å²) in [6, 6.07) is 15.5. The summed E-state index contributed by atoms with van der Waals surface area (Å²) >= 11 is 6.10. The van der Waals surface area contributed by atoms with Gasteiger partial charge in [-0.05, 0) is 50.2 Å². The fourth-order valence-electron chi connectivity index (χ4n) is 3.94. The van der Waals surface area contributed by atoms with Gasteiger partial charge in [-0.25, -0.2) is 8.42 Å². The maximum atomic E-state index is 13.1. The molecule has 7 nitrogen and oxygen atoms in total. The number of aromatic nitrogens is 1. The zero-order valence-electron chi connectivity index (χ0n) is 18.5. The lowest BCUT2D eigenvalue weighted by Gasteiger charge is -2.26. The van der Waals surface area contributed by atoms with Crippen LogP contribution in [0.3, 0.4) is 0 Å². The smallest absolute Gasteiger partial charge is 0.243 e. The van der Waals surface area contributed by atoms with E-state index in [0.717, 1.165) is 5.69 Å². The molecule has 0 unspecified atom stereocenters. The van der Waals surface area contributed by atoms with Crippen molar-refractivity contribution in [2.75, 3.05) is 32.9 Å². The maximum Gasteiger partial charge on any atom is 0.243 e. The molecule has 0 spiro atoms. The van der Waals surface area contributed by atoms with Crippen molar-refractivity contribution in [1.82, 2.24) is 8.87 Å². The van der Waals surface area contributed by atoms with Crippen LogP contribution in [0.2, 0.25) is 5.02 Å². The van der Waals surface area contributed by atoms with E-state index >= 15 is 0 Å². The van der Waals surface area contributed by atoms with Gasteiger partial charge in [0.25, 0.3) is 0 Å². The SMILES string of the molecule is Cc1cc(C(=O)COc2ccccc2Cl)c(C)n1-c1cccc(S(=O)(=O)N2CCOCC2)c1. The van der Waals surface area contributed by atoms with Crippen LogP contribution in [0.5, 0.6) is 5.75 Å². The van der Waals surface area contributed by atoms with Gasteiger partial charge in [0, 0.05) is 35.7 Å². The molecule has 33 heavy (non-hydrogen) atoms. The second-order valence-corrected chi connectivity index (χ2v) is 10.1. The number of ether oxygens (including phenoxy) is 2. The Morgan fingerprint density at radius 3 is 2.52 bits per heavy atom. The Morgan fingerprint density at radius 1 is 1.06 bits per heavy atom. The number of carbonyl (C=O) groups excluding carboxylic acids is 1. The highest BCUT2D eigenvalue weighted by molar-refractivity contribution is 7.89. The average Bonchev–Trinajstić information content (AvgIpc) is 3.13. The third-order valence-corrected chi connectivity index (χ3v) is 7.82. The number of benzene rings is 2. The van der Waals surface area contributed by atoms with Gasteiger partial charge >= 0.3 is 0 Å². The van der Waals surface area contributed by atoms with Crippen molar-refractivity contribution in [3.05, 3.63) is 76.6 Å². The van der Waals surface area contributed by atoms with E-state index in [1.165, 1.54) is 4.31 Å². The predicted molar refractivity (Wildman–Crippen MR) is 126 cm³/mol. The highest BCUT2D eigenvalue weighted by atomic mass is 35.5. The first-order valence-electron chi connectivity index (χ1n) is 10.6. The molecule has 1 aliphatic rings. The summed E-state index contributed by atoms with van der Waals surface area (Å²) in [4.78, 5) is 13.1. The number of halogens is 1. The Bertz CT molecular complexity index is 1280. The second-order valence-electron chi connectivity index (χ2n) is 7.78. The first-order valence-corrected chi connectivity index (χ1v) is 12.4. The summed E-state index contributed by atoms with van der Waals surface area (Å²) in [7, 11) is -3.63. The molecule has 4 rings (SSSR count). The van der Waals surface area contributed by atoms with Crippen LogP contribution >= 0.6 is 11.6 Å². The van der Waals surface area contributed by atoms with Gasteiger partial charge in [-0.15, -0.1) is 0 Å². The molecule has 0 bridgehead atoms. The third kappa shape index (κ3) is 4.84. The van der Waals surface area contributed by atoms with Crippen LogP contribution in [-0.2, 0) is 14.8 Å². The van der Waals surface area contributed by atoms with E-state index < -0.39 is 10.0 Å². The summed E-state index contributed by atoms with van der Waals surface area (Å²) in [6.45, 7) is 4.99. The first kappa shape index (κ1) is 23.5. The Morgan fingerprint density at radius 2 is 1.79 bits per heavy atom. The maximum absolute atomic E-state index is 13.1. The van der Waals surface area contributed by atoms with E-state index in [0.29, 0.717) is 54.0 Å². The molecule has 0 radical (unpaired) electrons. The van der Waals surface area contributed by atoms with Crippen molar-refractivity contribution in [2.45, 2.75) is 18.7 Å². The van der Waals surface area contributed by atoms with Crippen molar-refractivity contribution in [2.24, 2.45) is 0 Å². The van der Waals surface area contributed by atoms with Crippen LogP contribution in [-0.4, -0.2) is 56.0 Å². The minimum absolute atomic E-state index is 0.153. The fraction of sp³-hybridized carbons (Fsp3) is 0.292. The molecular formula is C24H25ClN2O5S. The number of para-hydroxylation sites is 1. The van der Waals surface area contributed by atoms with Gasteiger partial charge in [0.05, 0.1) is 23.1 Å². The van der Waals surface area contributed by atoms with E-state index in [1.54, 1.807) is 48.5 Å². The number of aryl methyl sites for hydroxylation is 1. The van der Waals surface area contributed by atoms with Crippen molar-refractivity contribution < 1.29 is 22.7 Å². The van der Waals surface area contributed by atoms with E-state index in [1.807, 2.05) is 24.5 Å². The van der Waals surface area contributed by atoms with Crippen LogP contribution < -0.4 is 4.74 Å². The van der Waals surface area contributed by atoms with Crippen LogP contribution in [0.4, 0.5) is 0 Å². The van der Waals surface area contributed by atoms with Gasteiger partial charge in [-0.3, -0.25) is 4.79 Å². The molecule has 1 aliphatic heterocycles. The molecule has 0 amide bonds. The van der Waals surface area contributed by atoms with Gasteiger partial charge in [-0.1, -0.05) is 29.8 Å². The first-order chi connectivity index (χ1) is 15.8. The van der Waals surface area contributed by atoms with Gasteiger partial charge < -0.3 is 14.0 Å². The number of hydrogen-bond acceptors (Lipinski definition) is 5. The molecule has 1 saturated heterocycles. The molecule has 174 valence electrons. The summed E-state index contributed by atoms with van der Waals surface area (Å²) < 4.78 is 40.4. The number of rotatable bonds is 7. The average molecular weight is 489 g/mol. The highest BCUT2D eigenvalue weighted by Gasteiger charge is 2.27. The summed E-state index contributed by atoms with van der Waals surface area (Å²) in [5.74, 6) is 0.258. The zero-order valence-corrected chi connectivity index (χ0v) is 20.0. The summed E-state index contributed by atoms with van der Waals surface area (Å²) in [5, 5.41) is 0.439. The van der Waals surface area contributed by atoms with E-state index in [9.17, 15) is 13.2 Å². The number of Topliss-reactive ketones (excluding diaryl/α,β-unsaturated/α-hetero) is 1. The van der Waals surface area contributed by atoms with E-state index in [-0.39, 0.29) is 17.3 Å². The minimum atomic E-state index is -3.63. The fourth-order valence-corrected chi connectivity index (χ4v) is 5.58. The van der Waals surface area contributed by atoms with Crippen molar-refractivity contribution in [1.29, 1.82) is 0 Å². The molecular weight excluding hydrogens is 464 g/mol. The normalized spacial score (nSPS) is 14.9. The quantitative estimate of drug-likeness (QED) is 0.469. The number of carbonyl (C=O) groups is 1. The molecule has 0 N–H and O–H groups in total. The van der Waals surface area contributed by atoms with E-state index in [2.05, 4.69) is 0 Å². The number of morpholine rings is 1. The summed E-state index contributed by atoms with van der Waals surface area (Å²) in [6.07, 6.45) is 0. The lowest BCUT2D eigenvalue weighted by atomic mass is 10.1. The molecule has 3 aromatic rings. The molecule has 1 fully saturated rings. The van der Waals surface area contributed by atoms with Gasteiger partial charge in [-0.2, -0.15) is 4.31 Å². The second kappa shape index (κ2) is 9.69. The number of nitrogens with zero attached hydrogens (tertiary/aromatic N) is 2. The van der Waals surface area contributed by atoms with Gasteiger partial charge in [0.2, 0.25) is 15.8 Å². The number of sulfonamides is 1. The van der Waals surface area contributed by atoms with Gasteiger partial charge in [0.1, 0.15) is 5.75 Å². The Balaban J connectivity index is 1.60. The van der Waals surface area contributed by atoms with E-state index in [4.69, 9.17) is 21.1 Å². The third-order valence-electron chi connectivity index (χ3n) is 5.61. The molecule has 0 aliphatic carbocycles. The summed E-state index contributed by atoms with van der Waals surface area (Å²) in [5.41, 5.74) is 2.71. The largest absolute Gasteiger partial charge is 0.484 e. The van der Waals surface area contributed by atoms with Gasteiger partial charge in [0.15, 0.2) is 6.61 Å². The Hall–Kier alpha value is -2.65. The molecule has 1 aromatic heterocycles. The number of ketones is 1. The monoisotopic (exact) mass is 488 g/mol. The Kier molecular flexibility index (Phi) is 6.90. The molecule has 0 atom stereocenters. The number of hydrogen-bond donors (Lipinski definition) is 0. The lowest BCUT2D eigenvalue weighted by Crippen LogP contribution is -2.40. The van der Waals surface area contributed by atoms with Crippen LogP contribution in [0.15, 0.2) is 59.5 Å². The Labute approximate surface area is 198 Å². The standard InChI is InChI=1S/C24H25ClN2O5S/c1-17-14-21(23(28)16-32-24-9-4-3-8-22(24)25)18(2)27(17)19-6-5-7-20(15-19)33(29,30)26-10-12-31-13-11-26/h3-9,14-15H,10-13,16H2,1-2H3. The molecule has 2 aromatic carbocycles. The zero-order chi connectivity index (χ0) is 23.6. The van der Waals surface area contributed by atoms with Crippen molar-refractivity contribution >= 4 is 27.4 Å². The minimum Gasteiger partial charge on any atom is -0.484 e.